The third-order valence-electron chi connectivity index (χ3n) is 5.16. The highest BCUT2D eigenvalue weighted by molar-refractivity contribution is 7.09. The number of thiophene rings is 1. The van der Waals surface area contributed by atoms with Gasteiger partial charge in [0.15, 0.2) is 0 Å². The van der Waals surface area contributed by atoms with Gasteiger partial charge in [-0.2, -0.15) is 0 Å². The lowest BCUT2D eigenvalue weighted by atomic mass is 9.76. The predicted molar refractivity (Wildman–Crippen MR) is 101 cm³/mol. The number of ether oxygens (including phenoxy) is 1. The lowest BCUT2D eigenvalue weighted by Crippen LogP contribution is -2.40. The first-order valence-corrected chi connectivity index (χ1v) is 9.58. The average Bonchev–Trinajstić information content (AvgIpc) is 3.30. The molecule has 0 radical (unpaired) electrons. The third-order valence-corrected chi connectivity index (χ3v) is 6.01. The summed E-state index contributed by atoms with van der Waals surface area (Å²) in [5.41, 5.74) is -0.332. The molecule has 1 saturated heterocycles. The molecule has 1 amide bonds. The van der Waals surface area contributed by atoms with Crippen LogP contribution in [0.3, 0.4) is 0 Å². The second-order valence-corrected chi connectivity index (χ2v) is 8.02. The second-order valence-electron chi connectivity index (χ2n) is 6.99. The van der Waals surface area contributed by atoms with Gasteiger partial charge in [-0.3, -0.25) is 9.59 Å². The highest BCUT2D eigenvalue weighted by Gasteiger charge is 2.48. The summed E-state index contributed by atoms with van der Waals surface area (Å²) in [6.45, 7) is 4.99. The second kappa shape index (κ2) is 7.50. The topological polar surface area (TPSA) is 66.8 Å². The Morgan fingerprint density at radius 1 is 1.31 bits per heavy atom. The Bertz CT molecular complexity index is 787. The first-order chi connectivity index (χ1) is 12.4. The van der Waals surface area contributed by atoms with Gasteiger partial charge in [0.2, 0.25) is 0 Å². The van der Waals surface area contributed by atoms with Crippen LogP contribution in [0, 0.1) is 11.3 Å². The van der Waals surface area contributed by atoms with Crippen LogP contribution in [0.15, 0.2) is 41.8 Å². The number of likely N-dealkylation sites (tertiary alicyclic amines) is 1. The SMILES string of the molecule is CC(C)C1(C(=O)O)CCN(C(=O)c2cccc(OCc3cccs3)c2)C1. The van der Waals surface area contributed by atoms with Crippen molar-refractivity contribution in [3.05, 3.63) is 52.2 Å². The fraction of sp³-hybridized carbons (Fsp3) is 0.400. The standard InChI is InChI=1S/C20H23NO4S/c1-14(2)20(19(23)24)8-9-21(13-20)18(22)15-5-3-6-16(11-15)25-12-17-7-4-10-26-17/h3-7,10-11,14H,8-9,12-13H2,1-2H3,(H,23,24). The van der Waals surface area contributed by atoms with Gasteiger partial charge in [-0.1, -0.05) is 26.0 Å². The van der Waals surface area contributed by atoms with Gasteiger partial charge in [0.25, 0.3) is 5.91 Å². The highest BCUT2D eigenvalue weighted by Crippen LogP contribution is 2.38. The van der Waals surface area contributed by atoms with Gasteiger partial charge in [0, 0.05) is 23.5 Å². The Balaban J connectivity index is 1.70. The van der Waals surface area contributed by atoms with Gasteiger partial charge in [0.1, 0.15) is 12.4 Å². The predicted octanol–water partition coefficient (Wildman–Crippen LogP) is 3.90. The summed E-state index contributed by atoms with van der Waals surface area (Å²) >= 11 is 1.62. The summed E-state index contributed by atoms with van der Waals surface area (Å²) in [5, 5.41) is 11.6. The van der Waals surface area contributed by atoms with Gasteiger partial charge in [-0.15, -0.1) is 11.3 Å². The van der Waals surface area contributed by atoms with Crippen LogP contribution in [0.5, 0.6) is 5.75 Å². The van der Waals surface area contributed by atoms with Crippen LogP contribution in [0.25, 0.3) is 0 Å². The van der Waals surface area contributed by atoms with Crippen molar-refractivity contribution in [1.29, 1.82) is 0 Å². The summed E-state index contributed by atoms with van der Waals surface area (Å²) in [6, 6.07) is 11.1. The molecule has 138 valence electrons. The maximum absolute atomic E-state index is 12.8. The molecule has 1 atom stereocenters. The van der Waals surface area contributed by atoms with Crippen molar-refractivity contribution in [3.8, 4) is 5.75 Å². The van der Waals surface area contributed by atoms with E-state index in [0.717, 1.165) is 4.88 Å². The quantitative estimate of drug-likeness (QED) is 0.834. The summed E-state index contributed by atoms with van der Waals surface area (Å²) in [4.78, 5) is 27.4. The van der Waals surface area contributed by atoms with Gasteiger partial charge >= 0.3 is 5.97 Å². The molecule has 1 aliphatic rings. The van der Waals surface area contributed by atoms with E-state index in [0.29, 0.717) is 30.9 Å². The fourth-order valence-electron chi connectivity index (χ4n) is 3.35. The molecule has 1 aromatic carbocycles. The zero-order valence-corrected chi connectivity index (χ0v) is 15.8. The molecule has 1 aromatic heterocycles. The van der Waals surface area contributed by atoms with E-state index in [4.69, 9.17) is 4.74 Å². The number of rotatable bonds is 6. The van der Waals surface area contributed by atoms with Crippen molar-refractivity contribution in [2.24, 2.45) is 11.3 Å². The highest BCUT2D eigenvalue weighted by atomic mass is 32.1. The molecular weight excluding hydrogens is 350 g/mol. The molecule has 1 fully saturated rings. The number of carbonyl (C=O) groups is 2. The molecule has 3 rings (SSSR count). The van der Waals surface area contributed by atoms with E-state index >= 15 is 0 Å². The number of carbonyl (C=O) groups excluding carboxylic acids is 1. The average molecular weight is 373 g/mol. The van der Waals surface area contributed by atoms with E-state index in [1.54, 1.807) is 34.4 Å². The molecule has 5 nitrogen and oxygen atoms in total. The van der Waals surface area contributed by atoms with Crippen LogP contribution >= 0.6 is 11.3 Å². The Kier molecular flexibility index (Phi) is 5.32. The number of aliphatic carboxylic acids is 1. The Labute approximate surface area is 157 Å². The Hall–Kier alpha value is -2.34. The molecule has 1 aliphatic heterocycles. The number of carboxylic acids is 1. The molecule has 2 aromatic rings. The summed E-state index contributed by atoms with van der Waals surface area (Å²) in [7, 11) is 0. The van der Waals surface area contributed by atoms with Crippen molar-refractivity contribution in [2.45, 2.75) is 26.9 Å². The van der Waals surface area contributed by atoms with Gasteiger partial charge in [0.05, 0.1) is 5.41 Å². The zero-order valence-electron chi connectivity index (χ0n) is 15.0. The van der Waals surface area contributed by atoms with Crippen LogP contribution in [0.2, 0.25) is 0 Å². The maximum atomic E-state index is 12.8. The van der Waals surface area contributed by atoms with Crippen molar-refractivity contribution in [1.82, 2.24) is 4.90 Å². The molecule has 2 heterocycles. The molecule has 0 aliphatic carbocycles. The van der Waals surface area contributed by atoms with E-state index in [2.05, 4.69) is 0 Å². The minimum atomic E-state index is -0.858. The molecule has 0 bridgehead atoms. The minimum Gasteiger partial charge on any atom is -0.488 e. The molecule has 1 N–H and O–H groups in total. The third kappa shape index (κ3) is 3.60. The van der Waals surface area contributed by atoms with Crippen molar-refractivity contribution < 1.29 is 19.4 Å². The molecule has 0 saturated carbocycles. The first kappa shape index (κ1) is 18.5. The van der Waals surface area contributed by atoms with E-state index in [-0.39, 0.29) is 18.4 Å². The number of hydrogen-bond acceptors (Lipinski definition) is 4. The van der Waals surface area contributed by atoms with E-state index in [1.807, 2.05) is 37.4 Å². The van der Waals surface area contributed by atoms with E-state index < -0.39 is 11.4 Å². The number of benzene rings is 1. The van der Waals surface area contributed by atoms with Gasteiger partial charge < -0.3 is 14.7 Å². The van der Waals surface area contributed by atoms with E-state index in [1.165, 1.54) is 0 Å². The van der Waals surface area contributed by atoms with Crippen LogP contribution in [-0.4, -0.2) is 35.0 Å². The first-order valence-electron chi connectivity index (χ1n) is 8.70. The lowest BCUT2D eigenvalue weighted by Gasteiger charge is -2.28. The van der Waals surface area contributed by atoms with Crippen molar-refractivity contribution in [2.75, 3.05) is 13.1 Å². The van der Waals surface area contributed by atoms with Gasteiger partial charge in [-0.05, 0) is 42.0 Å². The Morgan fingerprint density at radius 3 is 2.73 bits per heavy atom. The molecule has 26 heavy (non-hydrogen) atoms. The number of carboxylic acid groups (broad SMARTS) is 1. The molecular formula is C20H23NO4S. The van der Waals surface area contributed by atoms with E-state index in [9.17, 15) is 14.7 Å². The summed E-state index contributed by atoms with van der Waals surface area (Å²) < 4.78 is 5.77. The largest absolute Gasteiger partial charge is 0.488 e. The number of nitrogens with zero attached hydrogens (tertiary/aromatic N) is 1. The number of amides is 1. The minimum absolute atomic E-state index is 0.0294. The van der Waals surface area contributed by atoms with Crippen LogP contribution in [-0.2, 0) is 11.4 Å². The lowest BCUT2D eigenvalue weighted by molar-refractivity contribution is -0.150. The van der Waals surface area contributed by atoms with Crippen LogP contribution in [0.1, 0.15) is 35.5 Å². The van der Waals surface area contributed by atoms with Gasteiger partial charge in [-0.25, -0.2) is 0 Å². The molecule has 1 unspecified atom stereocenters. The smallest absolute Gasteiger partial charge is 0.311 e. The Morgan fingerprint density at radius 2 is 2.12 bits per heavy atom. The summed E-state index contributed by atoms with van der Waals surface area (Å²) in [5.74, 6) is -0.360. The van der Waals surface area contributed by atoms with Crippen LogP contribution < -0.4 is 4.74 Å². The van der Waals surface area contributed by atoms with Crippen LogP contribution in [0.4, 0.5) is 0 Å². The summed E-state index contributed by atoms with van der Waals surface area (Å²) in [6.07, 6.45) is 0.486. The normalized spacial score (nSPS) is 19.7. The van der Waals surface area contributed by atoms with Crippen molar-refractivity contribution >= 4 is 23.2 Å². The molecule has 0 spiro atoms. The zero-order chi connectivity index (χ0) is 18.7. The number of hydrogen-bond donors (Lipinski definition) is 1. The van der Waals surface area contributed by atoms with Crippen molar-refractivity contribution in [3.63, 3.8) is 0 Å². The fourth-order valence-corrected chi connectivity index (χ4v) is 3.97. The molecule has 6 heteroatoms. The maximum Gasteiger partial charge on any atom is 0.311 e. The monoisotopic (exact) mass is 373 g/mol.